The van der Waals surface area contributed by atoms with Crippen molar-refractivity contribution in [1.29, 1.82) is 0 Å². The Labute approximate surface area is 234 Å². The number of ether oxygens (including phenoxy) is 1. The molecule has 10 heteroatoms. The molecule has 0 radical (unpaired) electrons. The maximum atomic E-state index is 15.1. The van der Waals surface area contributed by atoms with Crippen LogP contribution in [0.25, 0.3) is 4.85 Å². The van der Waals surface area contributed by atoms with Crippen LogP contribution in [-0.4, -0.2) is 84.1 Å². The first-order chi connectivity index (χ1) is 19.4. The van der Waals surface area contributed by atoms with Gasteiger partial charge in [-0.25, -0.2) is 11.0 Å². The molecule has 4 heterocycles. The third kappa shape index (κ3) is 4.71. The number of fused-ring (bicyclic) bond motifs is 3. The summed E-state index contributed by atoms with van der Waals surface area (Å²) in [6.07, 6.45) is 5.72. The summed E-state index contributed by atoms with van der Waals surface area (Å²) in [4.78, 5) is 32.1. The molecule has 2 fully saturated rings. The van der Waals surface area contributed by atoms with Gasteiger partial charge in [0, 0.05) is 49.8 Å². The van der Waals surface area contributed by atoms with Gasteiger partial charge in [0.2, 0.25) is 12.5 Å². The van der Waals surface area contributed by atoms with Crippen molar-refractivity contribution in [3.05, 3.63) is 70.5 Å². The molecule has 3 aliphatic heterocycles. The quantitative estimate of drug-likeness (QED) is 0.442. The standard InChI is InChI=1S/C30H36FN7O2/c1-4-26(39)38-14-13-37(18-22(38)16-32-2)28-23-17-33-30(11-10-20-7-5-9-24(31)27(20)30)15-25(23)34-29(35-28)40-19-21-8-6-12-36(21)3/h4-5,7,9,21-22,33H,1,6,8,10-19H2,3H3/t21-,22-,30?/m0/s1. The molecule has 0 bridgehead atoms. The normalized spacial score (nSPS) is 25.9. The van der Waals surface area contributed by atoms with Gasteiger partial charge in [0.25, 0.3) is 0 Å². The molecule has 1 spiro atoms. The summed E-state index contributed by atoms with van der Waals surface area (Å²) >= 11 is 0. The largest absolute Gasteiger partial charge is 0.462 e. The third-order valence-corrected chi connectivity index (χ3v) is 9.14. The minimum absolute atomic E-state index is 0.159. The first-order valence-electron chi connectivity index (χ1n) is 14.2. The second kappa shape index (κ2) is 10.8. The van der Waals surface area contributed by atoms with Crippen molar-refractivity contribution in [2.75, 3.05) is 51.3 Å². The number of aryl methyl sites for hydroxylation is 1. The number of nitrogens with zero attached hydrogens (tertiary/aromatic N) is 6. The van der Waals surface area contributed by atoms with Crippen LogP contribution in [-0.2, 0) is 29.7 Å². The minimum atomic E-state index is -0.510. The van der Waals surface area contributed by atoms with Gasteiger partial charge in [-0.1, -0.05) is 18.7 Å². The number of piperazine rings is 1. The highest BCUT2D eigenvalue weighted by Gasteiger charge is 2.45. The Bertz CT molecular complexity index is 1360. The van der Waals surface area contributed by atoms with E-state index in [1.807, 2.05) is 6.07 Å². The van der Waals surface area contributed by atoms with Crippen molar-refractivity contribution in [3.8, 4) is 6.01 Å². The first-order valence-corrected chi connectivity index (χ1v) is 14.2. The monoisotopic (exact) mass is 545 g/mol. The van der Waals surface area contributed by atoms with E-state index in [0.29, 0.717) is 51.3 Å². The summed E-state index contributed by atoms with van der Waals surface area (Å²) in [7, 11) is 2.11. The number of amides is 1. The van der Waals surface area contributed by atoms with E-state index in [0.717, 1.165) is 60.4 Å². The Kier molecular flexibility index (Phi) is 7.19. The molecular weight excluding hydrogens is 509 g/mol. The lowest BCUT2D eigenvalue weighted by molar-refractivity contribution is -0.128. The van der Waals surface area contributed by atoms with Crippen LogP contribution in [0.15, 0.2) is 30.9 Å². The van der Waals surface area contributed by atoms with Crippen LogP contribution in [0.2, 0.25) is 0 Å². The van der Waals surface area contributed by atoms with Crippen molar-refractivity contribution in [2.45, 2.75) is 56.3 Å². The highest BCUT2D eigenvalue weighted by atomic mass is 19.1. The van der Waals surface area contributed by atoms with E-state index in [2.05, 4.69) is 33.6 Å². The van der Waals surface area contributed by atoms with Gasteiger partial charge in [-0.15, -0.1) is 0 Å². The lowest BCUT2D eigenvalue weighted by Crippen LogP contribution is -2.56. The Hall–Kier alpha value is -3.55. The number of halogens is 1. The van der Waals surface area contributed by atoms with Gasteiger partial charge in [-0.2, -0.15) is 9.97 Å². The maximum Gasteiger partial charge on any atom is 0.318 e. The van der Waals surface area contributed by atoms with E-state index < -0.39 is 5.54 Å². The number of benzene rings is 1. The third-order valence-electron chi connectivity index (χ3n) is 9.14. The number of hydrogen-bond acceptors (Lipinski definition) is 7. The number of aromatic nitrogens is 2. The Morgan fingerprint density at radius 2 is 2.20 bits per heavy atom. The Morgan fingerprint density at radius 3 is 2.98 bits per heavy atom. The van der Waals surface area contributed by atoms with E-state index in [1.165, 1.54) is 6.08 Å². The highest BCUT2D eigenvalue weighted by molar-refractivity contribution is 5.87. The average Bonchev–Trinajstić information content (AvgIpc) is 3.54. The van der Waals surface area contributed by atoms with Crippen molar-refractivity contribution in [1.82, 2.24) is 25.1 Å². The fourth-order valence-corrected chi connectivity index (χ4v) is 6.97. The molecule has 1 unspecified atom stereocenters. The predicted octanol–water partition coefficient (Wildman–Crippen LogP) is 2.70. The van der Waals surface area contributed by atoms with Crippen LogP contribution < -0.4 is 15.0 Å². The molecule has 9 nitrogen and oxygen atoms in total. The first kappa shape index (κ1) is 26.7. The second-order valence-corrected chi connectivity index (χ2v) is 11.4. The van der Waals surface area contributed by atoms with Crippen LogP contribution in [0.4, 0.5) is 10.2 Å². The minimum Gasteiger partial charge on any atom is -0.462 e. The van der Waals surface area contributed by atoms with Crippen LogP contribution >= 0.6 is 0 Å². The summed E-state index contributed by atoms with van der Waals surface area (Å²) < 4.78 is 21.4. The number of anilines is 1. The molecule has 2 aromatic rings. The Morgan fingerprint density at radius 1 is 1.32 bits per heavy atom. The zero-order valence-electron chi connectivity index (χ0n) is 23.0. The number of likely N-dealkylation sites (N-methyl/N-ethyl adjacent to an activating group) is 1. The molecule has 1 aliphatic carbocycles. The van der Waals surface area contributed by atoms with Crippen molar-refractivity contribution < 1.29 is 13.9 Å². The molecule has 1 amide bonds. The molecule has 1 aromatic heterocycles. The van der Waals surface area contributed by atoms with Crippen molar-refractivity contribution in [3.63, 3.8) is 0 Å². The number of carbonyl (C=O) groups excluding carboxylic acids is 1. The lowest BCUT2D eigenvalue weighted by Gasteiger charge is -2.42. The van der Waals surface area contributed by atoms with Crippen LogP contribution in [0.3, 0.4) is 0 Å². The van der Waals surface area contributed by atoms with Gasteiger partial charge in [-0.05, 0) is 57.0 Å². The summed E-state index contributed by atoms with van der Waals surface area (Å²) in [6.45, 7) is 14.9. The summed E-state index contributed by atoms with van der Waals surface area (Å²) in [5, 5.41) is 3.68. The number of hydrogen-bond donors (Lipinski definition) is 1. The number of nitrogens with one attached hydrogen (secondary N) is 1. The fourth-order valence-electron chi connectivity index (χ4n) is 6.97. The van der Waals surface area contributed by atoms with Crippen molar-refractivity contribution >= 4 is 11.7 Å². The molecule has 2 saturated heterocycles. The Balaban J connectivity index is 1.34. The van der Waals surface area contributed by atoms with E-state index >= 15 is 4.39 Å². The van der Waals surface area contributed by atoms with Crippen LogP contribution in [0.1, 0.15) is 41.6 Å². The van der Waals surface area contributed by atoms with E-state index in [-0.39, 0.29) is 24.3 Å². The van der Waals surface area contributed by atoms with E-state index in [4.69, 9.17) is 21.3 Å². The van der Waals surface area contributed by atoms with Crippen LogP contribution in [0.5, 0.6) is 6.01 Å². The van der Waals surface area contributed by atoms with E-state index in [1.54, 1.807) is 17.0 Å². The molecule has 3 atom stereocenters. The molecule has 1 aromatic carbocycles. The topological polar surface area (TPSA) is 78.2 Å². The van der Waals surface area contributed by atoms with Crippen molar-refractivity contribution in [2.24, 2.45) is 0 Å². The fraction of sp³-hybridized carbons (Fsp3) is 0.533. The summed E-state index contributed by atoms with van der Waals surface area (Å²) in [6, 6.07) is 5.74. The zero-order valence-corrected chi connectivity index (χ0v) is 23.0. The van der Waals surface area contributed by atoms with Gasteiger partial charge < -0.3 is 29.6 Å². The van der Waals surface area contributed by atoms with Crippen LogP contribution in [0, 0.1) is 12.4 Å². The van der Waals surface area contributed by atoms with Gasteiger partial charge in [0.15, 0.2) is 0 Å². The SMILES string of the molecule is [C-]#[N+]C[C@H]1CN(c2nc(OC[C@@H]3CCCN3C)nc3c2CNC2(CCc4cccc(F)c42)C3)CCN1C(=O)C=C. The van der Waals surface area contributed by atoms with E-state index in [9.17, 15) is 4.79 Å². The summed E-state index contributed by atoms with van der Waals surface area (Å²) in [5.41, 5.74) is 3.15. The molecule has 6 rings (SSSR count). The molecule has 40 heavy (non-hydrogen) atoms. The van der Waals surface area contributed by atoms with Gasteiger partial charge in [0.05, 0.1) is 11.2 Å². The molecule has 0 saturated carbocycles. The second-order valence-electron chi connectivity index (χ2n) is 11.4. The lowest BCUT2D eigenvalue weighted by atomic mass is 9.82. The molecular formula is C30H36FN7O2. The van der Waals surface area contributed by atoms with Gasteiger partial charge >= 0.3 is 6.01 Å². The number of carbonyl (C=O) groups is 1. The number of likely N-dealkylation sites (tertiary alicyclic amines) is 1. The average molecular weight is 546 g/mol. The molecule has 210 valence electrons. The smallest absolute Gasteiger partial charge is 0.318 e. The van der Waals surface area contributed by atoms with Gasteiger partial charge in [0.1, 0.15) is 24.3 Å². The van der Waals surface area contributed by atoms with Gasteiger partial charge in [-0.3, -0.25) is 4.79 Å². The maximum absolute atomic E-state index is 15.1. The zero-order chi connectivity index (χ0) is 27.9. The predicted molar refractivity (Wildman–Crippen MR) is 150 cm³/mol. The number of rotatable bonds is 6. The molecule has 1 N–H and O–H groups in total. The molecule has 4 aliphatic rings. The summed E-state index contributed by atoms with van der Waals surface area (Å²) in [5.74, 6) is 0.439. The highest BCUT2D eigenvalue weighted by Crippen LogP contribution is 2.44.